The molecule has 5 heteroatoms. The predicted octanol–water partition coefficient (Wildman–Crippen LogP) is 2.36. The van der Waals surface area contributed by atoms with E-state index in [9.17, 15) is 0 Å². The lowest BCUT2D eigenvalue weighted by atomic mass is 10.5. The molecule has 1 heterocycles. The van der Waals surface area contributed by atoms with Crippen molar-refractivity contribution in [3.8, 4) is 0 Å². The van der Waals surface area contributed by atoms with Crippen LogP contribution in [0.25, 0.3) is 0 Å². The molecule has 0 aliphatic heterocycles. The van der Waals surface area contributed by atoms with Gasteiger partial charge in [-0.3, -0.25) is 0 Å². The van der Waals surface area contributed by atoms with Gasteiger partial charge >= 0.3 is 0 Å². The third-order valence-electron chi connectivity index (χ3n) is 1.01. The molecule has 0 unspecified atom stereocenters. The van der Waals surface area contributed by atoms with E-state index in [0.29, 0.717) is 5.88 Å². The van der Waals surface area contributed by atoms with Crippen molar-refractivity contribution in [3.05, 3.63) is 18.0 Å². The van der Waals surface area contributed by atoms with E-state index in [-0.39, 0.29) is 12.4 Å². The molecule has 0 radical (unpaired) electrons. The Hall–Kier alpha value is 0.01000. The number of aromatic nitrogens is 2. The number of alkyl halides is 1. The fraction of sp³-hybridized carbons (Fsp3) is 0.333. The second-order valence-electron chi connectivity index (χ2n) is 1.67. The van der Waals surface area contributed by atoms with Gasteiger partial charge in [-0.25, -0.2) is 9.97 Å². The highest BCUT2D eigenvalue weighted by atomic mass is 35.5. The zero-order valence-electron chi connectivity index (χ0n) is 5.95. The predicted molar refractivity (Wildman–Crippen MR) is 50.6 cm³/mol. The van der Waals surface area contributed by atoms with Crippen LogP contribution in [0.1, 0.15) is 5.69 Å². The molecule has 0 atom stereocenters. The highest BCUT2D eigenvalue weighted by Crippen LogP contribution is 2.08. The quantitative estimate of drug-likeness (QED) is 0.426. The second-order valence-corrected chi connectivity index (χ2v) is 2.71. The highest BCUT2D eigenvalue weighted by Gasteiger charge is 1.94. The number of hydrogen-bond acceptors (Lipinski definition) is 3. The molecule has 62 valence electrons. The lowest BCUT2D eigenvalue weighted by Gasteiger charge is -1.95. The van der Waals surface area contributed by atoms with Gasteiger partial charge in [-0.15, -0.1) is 24.0 Å². The van der Waals surface area contributed by atoms with Crippen LogP contribution in [0, 0.1) is 0 Å². The SMILES string of the molecule is CSc1nccc(CCl)n1.Cl. The lowest BCUT2D eigenvalue weighted by Crippen LogP contribution is -1.89. The average Bonchev–Trinajstić information content (AvgIpc) is 2.05. The van der Waals surface area contributed by atoms with Crippen LogP contribution in [0.3, 0.4) is 0 Å². The van der Waals surface area contributed by atoms with Crippen molar-refractivity contribution in [1.82, 2.24) is 9.97 Å². The van der Waals surface area contributed by atoms with Crippen LogP contribution in [0.15, 0.2) is 17.4 Å². The summed E-state index contributed by atoms with van der Waals surface area (Å²) in [5.41, 5.74) is 0.876. The van der Waals surface area contributed by atoms with Crippen molar-refractivity contribution in [2.75, 3.05) is 6.26 Å². The van der Waals surface area contributed by atoms with Gasteiger partial charge in [-0.2, -0.15) is 0 Å². The van der Waals surface area contributed by atoms with E-state index in [4.69, 9.17) is 11.6 Å². The largest absolute Gasteiger partial charge is 0.231 e. The lowest BCUT2D eigenvalue weighted by molar-refractivity contribution is 0.927. The van der Waals surface area contributed by atoms with Crippen LogP contribution in [-0.2, 0) is 5.88 Å². The summed E-state index contributed by atoms with van der Waals surface area (Å²) >= 11 is 7.07. The normalized spacial score (nSPS) is 8.91. The monoisotopic (exact) mass is 210 g/mol. The third-order valence-corrected chi connectivity index (χ3v) is 1.85. The zero-order chi connectivity index (χ0) is 7.40. The molecule has 1 rings (SSSR count). The van der Waals surface area contributed by atoms with E-state index in [1.54, 1.807) is 6.20 Å². The van der Waals surface area contributed by atoms with E-state index < -0.39 is 0 Å². The number of halogens is 2. The molecule has 0 aliphatic rings. The summed E-state index contributed by atoms with van der Waals surface area (Å²) in [7, 11) is 0. The maximum atomic E-state index is 5.56. The van der Waals surface area contributed by atoms with E-state index in [0.717, 1.165) is 10.9 Å². The van der Waals surface area contributed by atoms with E-state index in [1.165, 1.54) is 11.8 Å². The van der Waals surface area contributed by atoms with Gasteiger partial charge in [0.25, 0.3) is 0 Å². The highest BCUT2D eigenvalue weighted by molar-refractivity contribution is 7.98. The van der Waals surface area contributed by atoms with Crippen molar-refractivity contribution in [1.29, 1.82) is 0 Å². The summed E-state index contributed by atoms with van der Waals surface area (Å²) in [5, 5.41) is 0.776. The fourth-order valence-corrected chi connectivity index (χ4v) is 1.07. The van der Waals surface area contributed by atoms with Crippen LogP contribution in [0.2, 0.25) is 0 Å². The molecule has 1 aromatic heterocycles. The molecule has 2 nitrogen and oxygen atoms in total. The molecule has 0 spiro atoms. The minimum atomic E-state index is 0. The maximum Gasteiger partial charge on any atom is 0.187 e. The Bertz CT molecular complexity index is 200. The third kappa shape index (κ3) is 3.27. The topological polar surface area (TPSA) is 25.8 Å². The first kappa shape index (κ1) is 11.0. The van der Waals surface area contributed by atoms with Gasteiger partial charge in [0, 0.05) is 6.20 Å². The Kier molecular flexibility index (Phi) is 5.64. The van der Waals surface area contributed by atoms with Gasteiger partial charge in [0.15, 0.2) is 5.16 Å². The molecule has 0 amide bonds. The summed E-state index contributed by atoms with van der Waals surface area (Å²) in [4.78, 5) is 8.13. The molecule has 0 N–H and O–H groups in total. The first-order valence-corrected chi connectivity index (χ1v) is 4.54. The smallest absolute Gasteiger partial charge is 0.187 e. The summed E-state index contributed by atoms with van der Waals surface area (Å²) in [6.45, 7) is 0. The Morgan fingerprint density at radius 2 is 2.36 bits per heavy atom. The molecule has 0 saturated carbocycles. The second kappa shape index (κ2) is 5.63. The summed E-state index contributed by atoms with van der Waals surface area (Å²) < 4.78 is 0. The molecular weight excluding hydrogens is 203 g/mol. The minimum absolute atomic E-state index is 0. The molecule has 0 aliphatic carbocycles. The Labute approximate surface area is 81.2 Å². The van der Waals surface area contributed by atoms with Gasteiger partial charge in [0.05, 0.1) is 11.6 Å². The molecule has 0 fully saturated rings. The van der Waals surface area contributed by atoms with Gasteiger partial charge in [0.1, 0.15) is 0 Å². The first-order chi connectivity index (χ1) is 4.86. The Morgan fingerprint density at radius 1 is 1.64 bits per heavy atom. The number of thioether (sulfide) groups is 1. The molecule has 0 saturated heterocycles. The van der Waals surface area contributed by atoms with Crippen molar-refractivity contribution in [2.45, 2.75) is 11.0 Å². The Morgan fingerprint density at radius 3 is 2.91 bits per heavy atom. The first-order valence-electron chi connectivity index (χ1n) is 2.78. The van der Waals surface area contributed by atoms with Crippen LogP contribution in [0.4, 0.5) is 0 Å². The van der Waals surface area contributed by atoms with E-state index in [2.05, 4.69) is 9.97 Å². The number of hydrogen-bond donors (Lipinski definition) is 0. The standard InChI is InChI=1S/C6H7ClN2S.ClH/c1-10-6-8-3-2-5(4-7)9-6;/h2-3H,4H2,1H3;1H. The van der Waals surface area contributed by atoms with Crippen molar-refractivity contribution in [2.24, 2.45) is 0 Å². The summed E-state index contributed by atoms with van der Waals surface area (Å²) in [5.74, 6) is 0.454. The van der Waals surface area contributed by atoms with E-state index in [1.807, 2.05) is 12.3 Å². The summed E-state index contributed by atoms with van der Waals surface area (Å²) in [6.07, 6.45) is 3.66. The molecule has 0 aromatic carbocycles. The van der Waals surface area contributed by atoms with Gasteiger partial charge in [0.2, 0.25) is 0 Å². The molecule has 11 heavy (non-hydrogen) atoms. The van der Waals surface area contributed by atoms with Gasteiger partial charge < -0.3 is 0 Å². The van der Waals surface area contributed by atoms with Crippen LogP contribution < -0.4 is 0 Å². The fourth-order valence-electron chi connectivity index (χ4n) is 0.549. The van der Waals surface area contributed by atoms with Crippen molar-refractivity contribution < 1.29 is 0 Å². The Balaban J connectivity index is 0.000001000. The maximum absolute atomic E-state index is 5.56. The van der Waals surface area contributed by atoms with Crippen LogP contribution >= 0.6 is 35.8 Å². The van der Waals surface area contributed by atoms with Crippen LogP contribution in [0.5, 0.6) is 0 Å². The van der Waals surface area contributed by atoms with Gasteiger partial charge in [-0.05, 0) is 12.3 Å². The van der Waals surface area contributed by atoms with Crippen molar-refractivity contribution in [3.63, 3.8) is 0 Å². The minimum Gasteiger partial charge on any atom is -0.231 e. The van der Waals surface area contributed by atoms with Gasteiger partial charge in [-0.1, -0.05) is 11.8 Å². The summed E-state index contributed by atoms with van der Waals surface area (Å²) in [6, 6.07) is 1.81. The number of rotatable bonds is 2. The number of nitrogens with zero attached hydrogens (tertiary/aromatic N) is 2. The van der Waals surface area contributed by atoms with E-state index >= 15 is 0 Å². The van der Waals surface area contributed by atoms with Crippen LogP contribution in [-0.4, -0.2) is 16.2 Å². The molecular formula is C6H8Cl2N2S. The van der Waals surface area contributed by atoms with Crippen molar-refractivity contribution >= 4 is 35.8 Å². The molecule has 0 bridgehead atoms. The molecule has 1 aromatic rings. The zero-order valence-corrected chi connectivity index (χ0v) is 8.34. The average molecular weight is 211 g/mol.